The van der Waals surface area contributed by atoms with Crippen molar-refractivity contribution in [2.24, 2.45) is 11.5 Å². The van der Waals surface area contributed by atoms with Gasteiger partial charge in [-0.25, -0.2) is 4.79 Å². The zero-order chi connectivity index (χ0) is 30.5. The van der Waals surface area contributed by atoms with Gasteiger partial charge in [0.25, 0.3) is 0 Å². The van der Waals surface area contributed by atoms with Crippen molar-refractivity contribution in [2.45, 2.75) is 56.3 Å². The number of hydrogen-bond donors (Lipinski definition) is 8. The summed E-state index contributed by atoms with van der Waals surface area (Å²) >= 11 is 0. The Bertz CT molecular complexity index is 1240. The van der Waals surface area contributed by atoms with E-state index < -0.39 is 66.2 Å². The van der Waals surface area contributed by atoms with E-state index >= 15 is 0 Å². The summed E-state index contributed by atoms with van der Waals surface area (Å²) in [5.74, 6) is -6.53. The molecule has 0 aliphatic heterocycles. The summed E-state index contributed by atoms with van der Waals surface area (Å²) in [5, 5.41) is 35.2. The number of phenols is 1. The molecule has 220 valence electrons. The zero-order valence-corrected chi connectivity index (χ0v) is 22.0. The normalized spacial score (nSPS) is 13.6. The maximum atomic E-state index is 13.0. The van der Waals surface area contributed by atoms with Crippen LogP contribution < -0.4 is 27.4 Å². The number of primary amides is 1. The Kier molecular flexibility index (Phi) is 12.2. The molecule has 0 radical (unpaired) electrons. The fourth-order valence-electron chi connectivity index (χ4n) is 3.79. The van der Waals surface area contributed by atoms with E-state index in [0.29, 0.717) is 5.56 Å². The molecule has 0 aromatic heterocycles. The second kappa shape index (κ2) is 15.6. The smallest absolute Gasteiger partial charge is 0.326 e. The molecule has 0 heterocycles. The van der Waals surface area contributed by atoms with Crippen molar-refractivity contribution < 1.29 is 44.1 Å². The fraction of sp³-hybridized carbons (Fsp3) is 0.333. The molecule has 14 heteroatoms. The van der Waals surface area contributed by atoms with Crippen LogP contribution in [0.3, 0.4) is 0 Å². The van der Waals surface area contributed by atoms with Crippen LogP contribution in [0.25, 0.3) is 0 Å². The monoisotopic (exact) mass is 571 g/mol. The number of nitrogens with one attached hydrogen (secondary N) is 3. The standard InChI is InChI=1S/C27H33N5O9/c28-18(12-15-4-2-1-3-5-15)24(37)31-20(14-23(35)36)26(39)30-19(10-11-22(29)34)25(38)32-21(27(40)41)13-16-6-8-17(33)9-7-16/h1-9,18-21,33H,10-14,28H2,(H2,29,34)(H,30,39)(H,31,37)(H,32,38)(H,35,36)(H,40,41). The highest BCUT2D eigenvalue weighted by molar-refractivity contribution is 5.96. The highest BCUT2D eigenvalue weighted by atomic mass is 16.4. The molecule has 0 fully saturated rings. The van der Waals surface area contributed by atoms with Gasteiger partial charge in [0.05, 0.1) is 12.5 Å². The van der Waals surface area contributed by atoms with Crippen molar-refractivity contribution in [3.8, 4) is 5.75 Å². The maximum Gasteiger partial charge on any atom is 0.326 e. The molecule has 2 aromatic carbocycles. The lowest BCUT2D eigenvalue weighted by Crippen LogP contribution is -2.58. The zero-order valence-electron chi connectivity index (χ0n) is 22.0. The molecule has 0 saturated carbocycles. The first-order chi connectivity index (χ1) is 19.3. The molecule has 14 nitrogen and oxygen atoms in total. The number of carbonyl (C=O) groups is 6. The van der Waals surface area contributed by atoms with Crippen LogP contribution >= 0.6 is 0 Å². The maximum absolute atomic E-state index is 13.0. The van der Waals surface area contributed by atoms with Gasteiger partial charge in [-0.15, -0.1) is 0 Å². The molecule has 2 aromatic rings. The predicted octanol–water partition coefficient (Wildman–Crippen LogP) is -1.22. The lowest BCUT2D eigenvalue weighted by Gasteiger charge is -2.24. The minimum Gasteiger partial charge on any atom is -0.508 e. The first kappa shape index (κ1) is 32.2. The average molecular weight is 572 g/mol. The van der Waals surface area contributed by atoms with Crippen LogP contribution in [-0.2, 0) is 41.6 Å². The van der Waals surface area contributed by atoms with E-state index in [2.05, 4.69) is 16.0 Å². The molecule has 4 unspecified atom stereocenters. The summed E-state index contributed by atoms with van der Waals surface area (Å²) in [4.78, 5) is 73.3. The third-order valence-electron chi connectivity index (χ3n) is 5.95. The summed E-state index contributed by atoms with van der Waals surface area (Å²) in [7, 11) is 0. The van der Waals surface area contributed by atoms with E-state index in [1.165, 1.54) is 24.3 Å². The predicted molar refractivity (Wildman–Crippen MR) is 144 cm³/mol. The second-order valence-electron chi connectivity index (χ2n) is 9.29. The van der Waals surface area contributed by atoms with Crippen molar-refractivity contribution in [3.05, 3.63) is 65.7 Å². The number of hydrogen-bond acceptors (Lipinski definition) is 8. The van der Waals surface area contributed by atoms with E-state index in [-0.39, 0.29) is 31.4 Å². The molecule has 0 spiro atoms. The second-order valence-corrected chi connectivity index (χ2v) is 9.29. The minimum atomic E-state index is -1.64. The number of amides is 4. The summed E-state index contributed by atoms with van der Waals surface area (Å²) in [6.45, 7) is 0. The van der Waals surface area contributed by atoms with Crippen LogP contribution in [0.1, 0.15) is 30.4 Å². The molecule has 4 amide bonds. The number of aromatic hydroxyl groups is 1. The summed E-state index contributed by atoms with van der Waals surface area (Å²) in [5.41, 5.74) is 12.3. The van der Waals surface area contributed by atoms with Crippen LogP contribution in [0.15, 0.2) is 54.6 Å². The minimum absolute atomic E-state index is 0.0390. The quantitative estimate of drug-likeness (QED) is 0.119. The Balaban J connectivity index is 2.16. The molecule has 10 N–H and O–H groups in total. The summed E-state index contributed by atoms with van der Waals surface area (Å²) in [6.07, 6.45) is -1.62. The molecule has 41 heavy (non-hydrogen) atoms. The number of rotatable bonds is 16. The number of carbonyl (C=O) groups excluding carboxylic acids is 4. The van der Waals surface area contributed by atoms with E-state index in [9.17, 15) is 44.1 Å². The SMILES string of the molecule is NC(=O)CCC(NC(=O)C(CC(=O)O)NC(=O)C(N)Cc1ccccc1)C(=O)NC(Cc1ccc(O)cc1)C(=O)O. The number of carboxylic acid groups (broad SMARTS) is 2. The van der Waals surface area contributed by atoms with Crippen molar-refractivity contribution in [2.75, 3.05) is 0 Å². The molecule has 0 bridgehead atoms. The Morgan fingerprint density at radius 1 is 0.707 bits per heavy atom. The molecule has 0 saturated heterocycles. The largest absolute Gasteiger partial charge is 0.508 e. The van der Waals surface area contributed by atoms with E-state index in [4.69, 9.17) is 11.5 Å². The van der Waals surface area contributed by atoms with Crippen LogP contribution in [0.2, 0.25) is 0 Å². The highest BCUT2D eigenvalue weighted by Gasteiger charge is 2.31. The van der Waals surface area contributed by atoms with Crippen LogP contribution in [0.5, 0.6) is 5.75 Å². The van der Waals surface area contributed by atoms with E-state index in [1.54, 1.807) is 30.3 Å². The number of aliphatic carboxylic acids is 2. The van der Waals surface area contributed by atoms with Crippen LogP contribution in [-0.4, -0.2) is 75.1 Å². The molecule has 2 rings (SSSR count). The Morgan fingerprint density at radius 2 is 1.24 bits per heavy atom. The van der Waals surface area contributed by atoms with Gasteiger partial charge in [-0.05, 0) is 36.1 Å². The van der Waals surface area contributed by atoms with Crippen molar-refractivity contribution >= 4 is 35.6 Å². The van der Waals surface area contributed by atoms with Gasteiger partial charge in [0.15, 0.2) is 0 Å². The summed E-state index contributed by atoms with van der Waals surface area (Å²) in [6, 6.07) is 8.65. The molecule has 0 aliphatic carbocycles. The number of phenolic OH excluding ortho intramolecular Hbond substituents is 1. The van der Waals surface area contributed by atoms with Gasteiger partial charge in [0.2, 0.25) is 23.6 Å². The first-order valence-corrected chi connectivity index (χ1v) is 12.6. The molecule has 0 aliphatic rings. The lowest BCUT2D eigenvalue weighted by molar-refractivity contribution is -0.143. The average Bonchev–Trinajstić information content (AvgIpc) is 2.91. The van der Waals surface area contributed by atoms with Gasteiger partial charge in [-0.3, -0.25) is 24.0 Å². The van der Waals surface area contributed by atoms with E-state index in [1.807, 2.05) is 0 Å². The van der Waals surface area contributed by atoms with Gasteiger partial charge < -0.3 is 42.7 Å². The fourth-order valence-corrected chi connectivity index (χ4v) is 3.79. The van der Waals surface area contributed by atoms with Gasteiger partial charge in [0.1, 0.15) is 23.9 Å². The molecular weight excluding hydrogens is 538 g/mol. The molecule has 4 atom stereocenters. The number of nitrogens with two attached hydrogens (primary N) is 2. The van der Waals surface area contributed by atoms with Crippen LogP contribution in [0, 0.1) is 0 Å². The van der Waals surface area contributed by atoms with Gasteiger partial charge in [-0.1, -0.05) is 42.5 Å². The van der Waals surface area contributed by atoms with Gasteiger partial charge >= 0.3 is 11.9 Å². The van der Waals surface area contributed by atoms with Crippen molar-refractivity contribution in [1.82, 2.24) is 16.0 Å². The van der Waals surface area contributed by atoms with E-state index in [0.717, 1.165) is 5.56 Å². The first-order valence-electron chi connectivity index (χ1n) is 12.6. The molecular formula is C27H33N5O9. The lowest BCUT2D eigenvalue weighted by atomic mass is 10.0. The van der Waals surface area contributed by atoms with Crippen molar-refractivity contribution in [1.29, 1.82) is 0 Å². The number of benzene rings is 2. The van der Waals surface area contributed by atoms with Crippen LogP contribution in [0.4, 0.5) is 0 Å². The topological polar surface area (TPSA) is 251 Å². The number of carboxylic acids is 2. The highest BCUT2D eigenvalue weighted by Crippen LogP contribution is 2.12. The third kappa shape index (κ3) is 11.3. The van der Waals surface area contributed by atoms with Gasteiger partial charge in [-0.2, -0.15) is 0 Å². The Morgan fingerprint density at radius 3 is 1.80 bits per heavy atom. The third-order valence-corrected chi connectivity index (χ3v) is 5.95. The Labute approximate surface area is 235 Å². The van der Waals surface area contributed by atoms with Crippen molar-refractivity contribution in [3.63, 3.8) is 0 Å². The summed E-state index contributed by atoms with van der Waals surface area (Å²) < 4.78 is 0. The van der Waals surface area contributed by atoms with Gasteiger partial charge in [0, 0.05) is 12.8 Å². The Hall–Kier alpha value is -4.98.